The van der Waals surface area contributed by atoms with E-state index in [9.17, 15) is 9.59 Å². The molecule has 0 spiro atoms. The maximum Gasteiger partial charge on any atom is 0.338 e. The molecule has 0 radical (unpaired) electrons. The average Bonchev–Trinajstić information content (AvgIpc) is 3.25. The summed E-state index contributed by atoms with van der Waals surface area (Å²) >= 11 is 6.25. The van der Waals surface area contributed by atoms with Crippen LogP contribution >= 0.6 is 11.6 Å². The predicted molar refractivity (Wildman–Crippen MR) is 148 cm³/mol. The number of amides is 1. The van der Waals surface area contributed by atoms with Crippen LogP contribution in [0.25, 0.3) is 0 Å². The zero-order valence-corrected chi connectivity index (χ0v) is 22.4. The number of carbonyl (C=O) groups is 2. The molecule has 0 unspecified atom stereocenters. The molecule has 196 valence electrons. The van der Waals surface area contributed by atoms with Crippen LogP contribution in [0.4, 0.5) is 5.82 Å². The van der Waals surface area contributed by atoms with E-state index >= 15 is 0 Å². The van der Waals surface area contributed by atoms with Crippen molar-refractivity contribution in [3.05, 3.63) is 112 Å². The summed E-state index contributed by atoms with van der Waals surface area (Å²) in [4.78, 5) is 25.5. The first kappa shape index (κ1) is 26.9. The third-order valence-electron chi connectivity index (χ3n) is 5.77. The molecule has 0 saturated carbocycles. The normalized spacial score (nSPS) is 10.9. The molecule has 4 rings (SSSR count). The highest BCUT2D eigenvalue weighted by molar-refractivity contribution is 6.30. The monoisotopic (exact) mass is 531 g/mol. The maximum atomic E-state index is 13.1. The molecule has 4 aromatic rings. The van der Waals surface area contributed by atoms with Crippen molar-refractivity contribution in [2.45, 2.75) is 33.9 Å². The van der Waals surface area contributed by atoms with E-state index in [1.165, 1.54) is 0 Å². The van der Waals surface area contributed by atoms with E-state index in [4.69, 9.17) is 21.1 Å². The molecular formula is C30H30ClN3O4. The lowest BCUT2D eigenvalue weighted by Gasteiger charge is -2.14. The second-order valence-corrected chi connectivity index (χ2v) is 9.78. The fourth-order valence-corrected chi connectivity index (χ4v) is 4.01. The lowest BCUT2D eigenvalue weighted by molar-refractivity contribution is 0.0470. The van der Waals surface area contributed by atoms with E-state index in [1.54, 1.807) is 65.3 Å². The van der Waals surface area contributed by atoms with Gasteiger partial charge in [-0.3, -0.25) is 9.48 Å². The third kappa shape index (κ3) is 7.01. The molecule has 1 amide bonds. The van der Waals surface area contributed by atoms with E-state index in [0.29, 0.717) is 46.6 Å². The molecule has 0 aliphatic rings. The number of halogens is 1. The number of aromatic nitrogens is 2. The largest absolute Gasteiger partial charge is 0.493 e. The summed E-state index contributed by atoms with van der Waals surface area (Å²) in [5, 5.41) is 8.05. The summed E-state index contributed by atoms with van der Waals surface area (Å²) < 4.78 is 13.2. The van der Waals surface area contributed by atoms with E-state index in [2.05, 4.69) is 24.3 Å². The Morgan fingerprint density at radius 3 is 2.47 bits per heavy atom. The summed E-state index contributed by atoms with van der Waals surface area (Å²) in [7, 11) is 0. The molecule has 0 bridgehead atoms. The molecule has 0 aliphatic heterocycles. The maximum absolute atomic E-state index is 13.1. The van der Waals surface area contributed by atoms with Gasteiger partial charge in [-0.1, -0.05) is 61.8 Å². The van der Waals surface area contributed by atoms with Crippen molar-refractivity contribution in [1.29, 1.82) is 0 Å². The summed E-state index contributed by atoms with van der Waals surface area (Å²) in [5.41, 5.74) is 3.21. The number of esters is 1. The quantitative estimate of drug-likeness (QED) is 0.235. The van der Waals surface area contributed by atoms with E-state index in [1.807, 2.05) is 25.1 Å². The van der Waals surface area contributed by atoms with Crippen LogP contribution in [0, 0.1) is 12.8 Å². The van der Waals surface area contributed by atoms with Gasteiger partial charge in [-0.15, -0.1) is 0 Å². The lowest BCUT2D eigenvalue weighted by atomic mass is 10.1. The Labute approximate surface area is 227 Å². The van der Waals surface area contributed by atoms with Crippen LogP contribution in [0.1, 0.15) is 51.4 Å². The second kappa shape index (κ2) is 12.4. The number of anilines is 1. The minimum absolute atomic E-state index is 0.0291. The summed E-state index contributed by atoms with van der Waals surface area (Å²) in [6.07, 6.45) is 0. The predicted octanol–water partition coefficient (Wildman–Crippen LogP) is 6.54. The molecule has 8 heteroatoms. The average molecular weight is 532 g/mol. The highest BCUT2D eigenvalue weighted by Gasteiger charge is 2.16. The Kier molecular flexibility index (Phi) is 8.81. The van der Waals surface area contributed by atoms with Gasteiger partial charge in [-0.25, -0.2) is 4.79 Å². The minimum atomic E-state index is -0.451. The van der Waals surface area contributed by atoms with Crippen LogP contribution in [-0.2, 0) is 17.9 Å². The number of aryl methyl sites for hydroxylation is 1. The summed E-state index contributed by atoms with van der Waals surface area (Å²) in [6.45, 7) is 7.09. The fraction of sp³-hybridized carbons (Fsp3) is 0.233. The van der Waals surface area contributed by atoms with Gasteiger partial charge in [0.25, 0.3) is 5.91 Å². The van der Waals surface area contributed by atoms with Crippen molar-refractivity contribution in [2.24, 2.45) is 5.92 Å². The Hall–Kier alpha value is -4.10. The number of rotatable bonds is 10. The van der Waals surface area contributed by atoms with Gasteiger partial charge < -0.3 is 14.8 Å². The van der Waals surface area contributed by atoms with Crippen LogP contribution in [0.2, 0.25) is 5.02 Å². The molecule has 0 fully saturated rings. The third-order valence-corrected chi connectivity index (χ3v) is 6.00. The highest BCUT2D eigenvalue weighted by atomic mass is 35.5. The number of nitrogens with one attached hydrogen (secondary N) is 1. The van der Waals surface area contributed by atoms with Gasteiger partial charge in [-0.05, 0) is 49.2 Å². The molecule has 3 aromatic carbocycles. The smallest absolute Gasteiger partial charge is 0.338 e. The van der Waals surface area contributed by atoms with Crippen molar-refractivity contribution >= 4 is 29.3 Å². The van der Waals surface area contributed by atoms with Gasteiger partial charge >= 0.3 is 5.97 Å². The van der Waals surface area contributed by atoms with Crippen LogP contribution in [0.3, 0.4) is 0 Å². The number of hydrogen-bond donors (Lipinski definition) is 1. The first-order valence-electron chi connectivity index (χ1n) is 12.4. The van der Waals surface area contributed by atoms with Crippen LogP contribution in [-0.4, -0.2) is 28.3 Å². The number of ether oxygens (including phenoxy) is 2. The molecule has 1 aromatic heterocycles. The molecule has 0 atom stereocenters. The van der Waals surface area contributed by atoms with Gasteiger partial charge in [0, 0.05) is 33.5 Å². The Bertz CT molecular complexity index is 1420. The second-order valence-electron chi connectivity index (χ2n) is 9.34. The zero-order chi connectivity index (χ0) is 27.1. The van der Waals surface area contributed by atoms with Gasteiger partial charge in [0.1, 0.15) is 12.4 Å². The number of carbonyl (C=O) groups excluding carboxylic acids is 2. The van der Waals surface area contributed by atoms with Crippen molar-refractivity contribution < 1.29 is 19.1 Å². The molecule has 1 heterocycles. The standard InChI is InChI=1S/C30H30ClN3O4/c1-20(2)18-37-27-14-13-25(31)16-24(27)17-34-21(3)15-28(33-34)32-29(35)26-12-8-7-11-23(26)19-38-30(36)22-9-5-4-6-10-22/h4-16,20H,17-19H2,1-3H3,(H,32,33,35). The van der Waals surface area contributed by atoms with Gasteiger partial charge in [-0.2, -0.15) is 5.10 Å². The van der Waals surface area contributed by atoms with E-state index in [-0.39, 0.29) is 12.5 Å². The molecule has 7 nitrogen and oxygen atoms in total. The van der Waals surface area contributed by atoms with Gasteiger partial charge in [0.15, 0.2) is 5.82 Å². The van der Waals surface area contributed by atoms with Gasteiger partial charge in [0.2, 0.25) is 0 Å². The topological polar surface area (TPSA) is 82.5 Å². The van der Waals surface area contributed by atoms with Crippen molar-refractivity contribution in [3.63, 3.8) is 0 Å². The first-order valence-corrected chi connectivity index (χ1v) is 12.7. The SMILES string of the molecule is Cc1cc(NC(=O)c2ccccc2COC(=O)c2ccccc2)nn1Cc1cc(Cl)ccc1OCC(C)C. The van der Waals surface area contributed by atoms with Gasteiger partial charge in [0.05, 0.1) is 18.7 Å². The lowest BCUT2D eigenvalue weighted by Crippen LogP contribution is -2.16. The summed E-state index contributed by atoms with van der Waals surface area (Å²) in [5.74, 6) is 0.756. The molecule has 1 N–H and O–H groups in total. The Morgan fingerprint density at radius 2 is 1.71 bits per heavy atom. The Balaban J connectivity index is 1.45. The number of hydrogen-bond acceptors (Lipinski definition) is 5. The molecule has 0 aliphatic carbocycles. The van der Waals surface area contributed by atoms with Crippen molar-refractivity contribution in [3.8, 4) is 5.75 Å². The van der Waals surface area contributed by atoms with Crippen LogP contribution < -0.4 is 10.1 Å². The fourth-order valence-electron chi connectivity index (χ4n) is 3.81. The van der Waals surface area contributed by atoms with E-state index in [0.717, 1.165) is 17.0 Å². The van der Waals surface area contributed by atoms with Crippen molar-refractivity contribution in [1.82, 2.24) is 9.78 Å². The van der Waals surface area contributed by atoms with Crippen LogP contribution in [0.5, 0.6) is 5.75 Å². The Morgan fingerprint density at radius 1 is 0.974 bits per heavy atom. The molecular weight excluding hydrogens is 502 g/mol. The van der Waals surface area contributed by atoms with Crippen molar-refractivity contribution in [2.75, 3.05) is 11.9 Å². The summed E-state index contributed by atoms with van der Waals surface area (Å²) in [6, 6.07) is 23.1. The molecule has 38 heavy (non-hydrogen) atoms. The number of benzene rings is 3. The van der Waals surface area contributed by atoms with E-state index < -0.39 is 5.97 Å². The highest BCUT2D eigenvalue weighted by Crippen LogP contribution is 2.25. The first-order chi connectivity index (χ1) is 18.3. The number of nitrogens with zero attached hydrogens (tertiary/aromatic N) is 2. The zero-order valence-electron chi connectivity index (χ0n) is 21.6. The molecule has 0 saturated heterocycles. The minimum Gasteiger partial charge on any atom is -0.493 e. The van der Waals surface area contributed by atoms with Crippen LogP contribution in [0.15, 0.2) is 78.9 Å².